The fourth-order valence-corrected chi connectivity index (χ4v) is 2.61. The maximum Gasteiger partial charge on any atom is 0.416 e. The third-order valence-electron chi connectivity index (χ3n) is 4.04. The number of hydrogen-bond acceptors (Lipinski definition) is 4. The zero-order valence-corrected chi connectivity index (χ0v) is 15.0. The van der Waals surface area contributed by atoms with Crippen LogP contribution in [0.4, 0.5) is 18.9 Å². The summed E-state index contributed by atoms with van der Waals surface area (Å²) in [7, 11) is 1.38. The molecule has 0 bridgehead atoms. The predicted octanol–water partition coefficient (Wildman–Crippen LogP) is 4.33. The zero-order chi connectivity index (χ0) is 21.2. The maximum atomic E-state index is 12.9. The van der Waals surface area contributed by atoms with Crippen molar-refractivity contribution in [1.82, 2.24) is 0 Å². The lowest BCUT2D eigenvalue weighted by molar-refractivity contribution is -0.137. The first-order chi connectivity index (χ1) is 13.7. The zero-order valence-electron chi connectivity index (χ0n) is 15.0. The number of ether oxygens (including phenoxy) is 1. The smallest absolute Gasteiger partial charge is 0.416 e. The van der Waals surface area contributed by atoms with Gasteiger partial charge in [-0.15, -0.1) is 0 Å². The van der Waals surface area contributed by atoms with Crippen molar-refractivity contribution < 1.29 is 31.9 Å². The molecule has 0 unspecified atom stereocenters. The Hall–Kier alpha value is -3.75. The van der Waals surface area contributed by atoms with Gasteiger partial charge in [-0.05, 0) is 42.5 Å². The fraction of sp³-hybridized carbons (Fsp3) is 0.100. The monoisotopic (exact) mass is 404 g/mol. The Morgan fingerprint density at radius 1 is 1.07 bits per heavy atom. The normalized spacial score (nSPS) is 11.2. The van der Waals surface area contributed by atoms with E-state index in [2.05, 4.69) is 5.32 Å². The van der Waals surface area contributed by atoms with Crippen LogP contribution in [-0.2, 0) is 6.18 Å². The number of nitrogens with one attached hydrogen (secondary N) is 1. The van der Waals surface area contributed by atoms with E-state index in [4.69, 9.17) is 14.9 Å². The highest BCUT2D eigenvalue weighted by Crippen LogP contribution is 2.33. The molecule has 150 valence electrons. The molecule has 0 aliphatic rings. The van der Waals surface area contributed by atoms with Gasteiger partial charge in [-0.2, -0.15) is 13.2 Å². The quantitative estimate of drug-likeness (QED) is 0.662. The molecule has 0 spiro atoms. The third kappa shape index (κ3) is 4.40. The molecular formula is C20H15F3N2O4. The Balaban J connectivity index is 1.86. The molecule has 2 aromatic carbocycles. The van der Waals surface area contributed by atoms with Crippen LogP contribution >= 0.6 is 0 Å². The van der Waals surface area contributed by atoms with Gasteiger partial charge >= 0.3 is 6.18 Å². The second kappa shape index (κ2) is 7.70. The first-order valence-corrected chi connectivity index (χ1v) is 8.25. The van der Waals surface area contributed by atoms with Gasteiger partial charge in [0.25, 0.3) is 5.91 Å². The van der Waals surface area contributed by atoms with Gasteiger partial charge in [0.05, 0.1) is 18.4 Å². The highest BCUT2D eigenvalue weighted by atomic mass is 19.4. The number of anilines is 1. The molecule has 0 saturated heterocycles. The van der Waals surface area contributed by atoms with Crippen molar-refractivity contribution >= 4 is 17.5 Å². The van der Waals surface area contributed by atoms with Crippen LogP contribution in [0.25, 0.3) is 11.3 Å². The van der Waals surface area contributed by atoms with Crippen LogP contribution in [0.1, 0.15) is 26.5 Å². The first-order valence-electron chi connectivity index (χ1n) is 8.25. The molecule has 29 heavy (non-hydrogen) atoms. The standard InChI is InChI=1S/C20H15F3N2O4/c1-28-16-6-5-12(18(24)26)10-14(16)25-19(27)17-8-7-15(29-17)11-3-2-4-13(9-11)20(21,22)23/h2-10H,1H3,(H2,24,26)(H,25,27). The molecule has 0 atom stereocenters. The van der Waals surface area contributed by atoms with Gasteiger partial charge in [-0.3, -0.25) is 9.59 Å². The van der Waals surface area contributed by atoms with E-state index in [0.717, 1.165) is 12.1 Å². The average molecular weight is 404 g/mol. The highest BCUT2D eigenvalue weighted by Gasteiger charge is 2.30. The van der Waals surface area contributed by atoms with Crippen LogP contribution in [0.5, 0.6) is 5.75 Å². The Bertz CT molecular complexity index is 1070. The van der Waals surface area contributed by atoms with Crippen LogP contribution in [-0.4, -0.2) is 18.9 Å². The van der Waals surface area contributed by atoms with Crippen LogP contribution in [0.2, 0.25) is 0 Å². The molecule has 0 radical (unpaired) electrons. The number of amides is 2. The fourth-order valence-electron chi connectivity index (χ4n) is 2.61. The van der Waals surface area contributed by atoms with E-state index in [9.17, 15) is 22.8 Å². The van der Waals surface area contributed by atoms with Crippen LogP contribution in [0, 0.1) is 0 Å². The topological polar surface area (TPSA) is 94.6 Å². The van der Waals surface area contributed by atoms with Gasteiger partial charge in [-0.25, -0.2) is 0 Å². The lowest BCUT2D eigenvalue weighted by Gasteiger charge is -2.10. The predicted molar refractivity (Wildman–Crippen MR) is 98.6 cm³/mol. The Kier molecular flexibility index (Phi) is 5.31. The summed E-state index contributed by atoms with van der Waals surface area (Å²) in [5.74, 6) is -1.12. The number of nitrogens with two attached hydrogens (primary N) is 1. The average Bonchev–Trinajstić information content (AvgIpc) is 3.17. The van der Waals surface area contributed by atoms with E-state index in [1.165, 1.54) is 49.6 Å². The number of alkyl halides is 3. The number of hydrogen-bond donors (Lipinski definition) is 2. The van der Waals surface area contributed by atoms with Gasteiger partial charge in [0.2, 0.25) is 5.91 Å². The summed E-state index contributed by atoms with van der Waals surface area (Å²) >= 11 is 0. The minimum absolute atomic E-state index is 0.0964. The number of carbonyl (C=O) groups is 2. The van der Waals surface area contributed by atoms with Crippen LogP contribution in [0.15, 0.2) is 59.0 Å². The summed E-state index contributed by atoms with van der Waals surface area (Å²) in [6.45, 7) is 0. The molecule has 1 heterocycles. The summed E-state index contributed by atoms with van der Waals surface area (Å²) in [4.78, 5) is 23.8. The van der Waals surface area contributed by atoms with Gasteiger partial charge in [0.1, 0.15) is 11.5 Å². The lowest BCUT2D eigenvalue weighted by atomic mass is 10.1. The Morgan fingerprint density at radius 2 is 1.83 bits per heavy atom. The Labute approximate surface area is 163 Å². The minimum atomic E-state index is -4.50. The summed E-state index contributed by atoms with van der Waals surface area (Å²) in [5.41, 5.74) is 4.92. The van der Waals surface area contributed by atoms with Crippen molar-refractivity contribution in [1.29, 1.82) is 0 Å². The molecule has 0 aliphatic heterocycles. The van der Waals surface area contributed by atoms with Crippen molar-refractivity contribution in [3.8, 4) is 17.1 Å². The summed E-state index contributed by atoms with van der Waals surface area (Å²) in [5, 5.41) is 2.53. The molecule has 2 amide bonds. The molecular weight excluding hydrogens is 389 g/mol. The number of methoxy groups -OCH3 is 1. The molecule has 3 aromatic rings. The Morgan fingerprint density at radius 3 is 2.48 bits per heavy atom. The van der Waals surface area contributed by atoms with E-state index in [1.54, 1.807) is 0 Å². The molecule has 0 aliphatic carbocycles. The van der Waals surface area contributed by atoms with Crippen molar-refractivity contribution in [2.45, 2.75) is 6.18 Å². The van der Waals surface area contributed by atoms with Crippen molar-refractivity contribution in [3.63, 3.8) is 0 Å². The summed E-state index contributed by atoms with van der Waals surface area (Å²) < 4.78 is 49.2. The van der Waals surface area contributed by atoms with Gasteiger partial charge in [0.15, 0.2) is 5.76 Å². The SMILES string of the molecule is COc1ccc(C(N)=O)cc1NC(=O)c1ccc(-c2cccc(C(F)(F)F)c2)o1. The van der Waals surface area contributed by atoms with Gasteiger partial charge in [0, 0.05) is 11.1 Å². The molecule has 1 aromatic heterocycles. The number of furan rings is 1. The molecule has 0 fully saturated rings. The summed E-state index contributed by atoms with van der Waals surface area (Å²) in [6, 6.07) is 11.5. The molecule has 3 N–H and O–H groups in total. The number of primary amides is 1. The van der Waals surface area contributed by atoms with Crippen molar-refractivity contribution in [3.05, 3.63) is 71.5 Å². The number of rotatable bonds is 5. The second-order valence-electron chi connectivity index (χ2n) is 5.98. The van der Waals surface area contributed by atoms with E-state index in [-0.39, 0.29) is 34.1 Å². The molecule has 9 heteroatoms. The number of benzene rings is 2. The highest BCUT2D eigenvalue weighted by molar-refractivity contribution is 6.04. The number of halogens is 3. The van der Waals surface area contributed by atoms with Crippen LogP contribution in [0.3, 0.4) is 0 Å². The van der Waals surface area contributed by atoms with E-state index in [1.807, 2.05) is 0 Å². The van der Waals surface area contributed by atoms with E-state index >= 15 is 0 Å². The lowest BCUT2D eigenvalue weighted by Crippen LogP contribution is -2.14. The summed E-state index contributed by atoms with van der Waals surface area (Å²) in [6.07, 6.45) is -4.50. The van der Waals surface area contributed by atoms with E-state index < -0.39 is 23.6 Å². The largest absolute Gasteiger partial charge is 0.495 e. The van der Waals surface area contributed by atoms with Crippen LogP contribution < -0.4 is 15.8 Å². The molecule has 6 nitrogen and oxygen atoms in total. The van der Waals surface area contributed by atoms with E-state index in [0.29, 0.717) is 0 Å². The van der Waals surface area contributed by atoms with Gasteiger partial charge in [-0.1, -0.05) is 12.1 Å². The first kappa shape index (κ1) is 20.0. The van der Waals surface area contributed by atoms with Gasteiger partial charge < -0.3 is 20.2 Å². The minimum Gasteiger partial charge on any atom is -0.495 e. The molecule has 3 rings (SSSR count). The molecule has 0 saturated carbocycles. The second-order valence-corrected chi connectivity index (χ2v) is 5.98. The maximum absolute atomic E-state index is 12.9. The number of carbonyl (C=O) groups excluding carboxylic acids is 2. The van der Waals surface area contributed by atoms with Crippen molar-refractivity contribution in [2.75, 3.05) is 12.4 Å². The third-order valence-corrected chi connectivity index (χ3v) is 4.04. The van der Waals surface area contributed by atoms with Crippen molar-refractivity contribution in [2.24, 2.45) is 5.73 Å².